The number of carbonyl (C=O) groups is 2. The molecule has 0 atom stereocenters. The molecule has 28 heavy (non-hydrogen) atoms. The highest BCUT2D eigenvalue weighted by molar-refractivity contribution is 6.08. The first kappa shape index (κ1) is 19.3. The highest BCUT2D eigenvalue weighted by Crippen LogP contribution is 2.18. The van der Waals surface area contributed by atoms with Crippen LogP contribution in [0.2, 0.25) is 0 Å². The second-order valence-electron chi connectivity index (χ2n) is 6.71. The molecule has 0 radical (unpaired) electrons. The lowest BCUT2D eigenvalue weighted by molar-refractivity contribution is 0.102. The molecule has 0 bridgehead atoms. The van der Waals surface area contributed by atoms with E-state index in [-0.39, 0.29) is 17.5 Å². The van der Waals surface area contributed by atoms with Crippen LogP contribution in [0, 0.1) is 13.8 Å². The Bertz CT molecular complexity index is 1010. The summed E-state index contributed by atoms with van der Waals surface area (Å²) in [7, 11) is 0. The number of hydrogen-bond donors (Lipinski definition) is 2. The molecule has 2 amide bonds. The number of benzene rings is 2. The summed E-state index contributed by atoms with van der Waals surface area (Å²) in [6, 6.07) is 16.6. The lowest BCUT2D eigenvalue weighted by Gasteiger charge is -2.10. The molecule has 142 valence electrons. The topological polar surface area (TPSA) is 71.1 Å². The van der Waals surface area contributed by atoms with Gasteiger partial charge in [0.05, 0.1) is 0 Å². The average Bonchev–Trinajstić information content (AvgIpc) is 2.71. The molecule has 3 aromatic rings. The second kappa shape index (κ2) is 8.48. The SMILES string of the molecule is CCc1ccc(NC(=O)c2ccnc(C(=O)Nc3cc(C)ccc3C)c2)cc1. The molecule has 0 spiro atoms. The summed E-state index contributed by atoms with van der Waals surface area (Å²) in [5.74, 6) is -0.636. The van der Waals surface area contributed by atoms with Crippen LogP contribution < -0.4 is 10.6 Å². The van der Waals surface area contributed by atoms with Crippen molar-refractivity contribution < 1.29 is 9.59 Å². The number of aromatic nitrogens is 1. The van der Waals surface area contributed by atoms with Gasteiger partial charge in [0.15, 0.2) is 0 Å². The van der Waals surface area contributed by atoms with E-state index < -0.39 is 0 Å². The summed E-state index contributed by atoms with van der Waals surface area (Å²) in [6.45, 7) is 5.97. The third-order valence-corrected chi connectivity index (χ3v) is 4.52. The fraction of sp³-hybridized carbons (Fsp3) is 0.174. The van der Waals surface area contributed by atoms with Crippen LogP contribution in [0.4, 0.5) is 11.4 Å². The number of pyridine rings is 1. The third kappa shape index (κ3) is 4.62. The van der Waals surface area contributed by atoms with Crippen molar-refractivity contribution in [3.63, 3.8) is 0 Å². The Hall–Kier alpha value is -3.47. The van der Waals surface area contributed by atoms with Crippen LogP contribution in [-0.2, 0) is 6.42 Å². The van der Waals surface area contributed by atoms with Gasteiger partial charge in [0.1, 0.15) is 5.69 Å². The summed E-state index contributed by atoms with van der Waals surface area (Å²) in [5.41, 5.74) is 5.22. The Morgan fingerprint density at radius 2 is 1.64 bits per heavy atom. The van der Waals surface area contributed by atoms with Crippen molar-refractivity contribution in [2.45, 2.75) is 27.2 Å². The number of hydrogen-bond acceptors (Lipinski definition) is 3. The van der Waals surface area contributed by atoms with Crippen molar-refractivity contribution in [2.24, 2.45) is 0 Å². The highest BCUT2D eigenvalue weighted by atomic mass is 16.2. The van der Waals surface area contributed by atoms with Crippen LogP contribution in [0.15, 0.2) is 60.8 Å². The van der Waals surface area contributed by atoms with Gasteiger partial charge in [-0.15, -0.1) is 0 Å². The molecule has 0 aliphatic rings. The molecule has 0 fully saturated rings. The van der Waals surface area contributed by atoms with Crippen LogP contribution in [-0.4, -0.2) is 16.8 Å². The molecule has 0 saturated carbocycles. The molecule has 0 unspecified atom stereocenters. The van der Waals surface area contributed by atoms with Gasteiger partial charge in [-0.2, -0.15) is 0 Å². The summed E-state index contributed by atoms with van der Waals surface area (Å²) >= 11 is 0. The fourth-order valence-corrected chi connectivity index (χ4v) is 2.78. The number of nitrogens with one attached hydrogen (secondary N) is 2. The fourth-order valence-electron chi connectivity index (χ4n) is 2.78. The molecule has 5 nitrogen and oxygen atoms in total. The lowest BCUT2D eigenvalue weighted by atomic mass is 10.1. The maximum atomic E-state index is 12.6. The Morgan fingerprint density at radius 3 is 2.36 bits per heavy atom. The number of amides is 2. The standard InChI is InChI=1S/C23H23N3O2/c1-4-17-7-9-19(10-8-17)25-22(27)18-11-12-24-21(14-18)23(28)26-20-13-15(2)5-6-16(20)3/h5-14H,4H2,1-3H3,(H,25,27)(H,26,28). The normalized spacial score (nSPS) is 10.4. The van der Waals surface area contributed by atoms with Gasteiger partial charge in [0, 0.05) is 23.1 Å². The van der Waals surface area contributed by atoms with E-state index in [1.165, 1.54) is 17.8 Å². The van der Waals surface area contributed by atoms with Crippen molar-refractivity contribution in [3.8, 4) is 0 Å². The zero-order valence-corrected chi connectivity index (χ0v) is 16.2. The number of carbonyl (C=O) groups excluding carboxylic acids is 2. The quantitative estimate of drug-likeness (QED) is 0.677. The van der Waals surface area contributed by atoms with Gasteiger partial charge in [-0.05, 0) is 67.3 Å². The zero-order chi connectivity index (χ0) is 20.1. The van der Waals surface area contributed by atoms with Crippen LogP contribution in [0.3, 0.4) is 0 Å². The minimum absolute atomic E-state index is 0.190. The minimum Gasteiger partial charge on any atom is -0.322 e. The molecule has 0 aliphatic carbocycles. The summed E-state index contributed by atoms with van der Waals surface area (Å²) in [6.07, 6.45) is 2.41. The van der Waals surface area contributed by atoms with Gasteiger partial charge in [0.25, 0.3) is 11.8 Å². The maximum Gasteiger partial charge on any atom is 0.274 e. The number of aryl methyl sites for hydroxylation is 3. The van der Waals surface area contributed by atoms with Gasteiger partial charge < -0.3 is 10.6 Å². The van der Waals surface area contributed by atoms with Crippen LogP contribution in [0.25, 0.3) is 0 Å². The first-order valence-electron chi connectivity index (χ1n) is 9.21. The largest absolute Gasteiger partial charge is 0.322 e. The minimum atomic E-state index is -0.351. The smallest absolute Gasteiger partial charge is 0.274 e. The number of anilines is 2. The van der Waals surface area contributed by atoms with Crippen molar-refractivity contribution in [3.05, 3.63) is 88.7 Å². The molecule has 5 heteroatoms. The summed E-state index contributed by atoms with van der Waals surface area (Å²) < 4.78 is 0. The van der Waals surface area contributed by atoms with E-state index >= 15 is 0 Å². The van der Waals surface area contributed by atoms with Gasteiger partial charge in [-0.1, -0.05) is 31.2 Å². The summed E-state index contributed by atoms with van der Waals surface area (Å²) in [4.78, 5) is 29.2. The van der Waals surface area contributed by atoms with E-state index in [2.05, 4.69) is 22.5 Å². The van der Waals surface area contributed by atoms with E-state index in [0.29, 0.717) is 11.3 Å². The molecule has 0 aliphatic heterocycles. The van der Waals surface area contributed by atoms with Gasteiger partial charge in [0.2, 0.25) is 0 Å². The van der Waals surface area contributed by atoms with Crippen LogP contribution >= 0.6 is 0 Å². The molecular formula is C23H23N3O2. The molecule has 2 aromatic carbocycles. The molecule has 3 rings (SSSR count). The molecule has 0 saturated heterocycles. The van der Waals surface area contributed by atoms with Crippen molar-refractivity contribution in [1.82, 2.24) is 4.98 Å². The predicted molar refractivity (Wildman–Crippen MR) is 112 cm³/mol. The third-order valence-electron chi connectivity index (χ3n) is 4.52. The first-order chi connectivity index (χ1) is 13.5. The Labute approximate surface area is 164 Å². The van der Waals surface area contributed by atoms with Gasteiger partial charge in [-0.3, -0.25) is 14.6 Å². The number of rotatable bonds is 5. The van der Waals surface area contributed by atoms with E-state index in [0.717, 1.165) is 23.2 Å². The number of nitrogens with zero attached hydrogens (tertiary/aromatic N) is 1. The lowest BCUT2D eigenvalue weighted by Crippen LogP contribution is -2.17. The van der Waals surface area contributed by atoms with Gasteiger partial charge >= 0.3 is 0 Å². The van der Waals surface area contributed by atoms with Gasteiger partial charge in [-0.25, -0.2) is 0 Å². The molecule has 1 aromatic heterocycles. The Balaban J connectivity index is 1.74. The van der Waals surface area contributed by atoms with E-state index in [4.69, 9.17) is 0 Å². The van der Waals surface area contributed by atoms with E-state index in [1.807, 2.05) is 56.3 Å². The second-order valence-corrected chi connectivity index (χ2v) is 6.71. The Kier molecular flexibility index (Phi) is 5.84. The highest BCUT2D eigenvalue weighted by Gasteiger charge is 2.13. The van der Waals surface area contributed by atoms with Crippen LogP contribution in [0.5, 0.6) is 0 Å². The summed E-state index contributed by atoms with van der Waals surface area (Å²) in [5, 5.41) is 5.71. The van der Waals surface area contributed by atoms with Crippen molar-refractivity contribution in [2.75, 3.05) is 10.6 Å². The van der Waals surface area contributed by atoms with Crippen LogP contribution in [0.1, 0.15) is 44.5 Å². The molecule has 2 N–H and O–H groups in total. The van der Waals surface area contributed by atoms with E-state index in [9.17, 15) is 9.59 Å². The zero-order valence-electron chi connectivity index (χ0n) is 16.2. The maximum absolute atomic E-state index is 12.6. The van der Waals surface area contributed by atoms with Crippen molar-refractivity contribution >= 4 is 23.2 Å². The first-order valence-corrected chi connectivity index (χ1v) is 9.21. The van der Waals surface area contributed by atoms with E-state index in [1.54, 1.807) is 6.07 Å². The average molecular weight is 373 g/mol. The Morgan fingerprint density at radius 1 is 0.893 bits per heavy atom. The van der Waals surface area contributed by atoms with Crippen molar-refractivity contribution in [1.29, 1.82) is 0 Å². The molecular weight excluding hydrogens is 350 g/mol. The predicted octanol–water partition coefficient (Wildman–Crippen LogP) is 4.77. The molecule has 1 heterocycles. The monoisotopic (exact) mass is 373 g/mol.